The number of nitro benzene ring substituents is 1. The summed E-state index contributed by atoms with van der Waals surface area (Å²) in [6.07, 6.45) is -0.00744. The number of nitrogens with one attached hydrogen (secondary N) is 1. The topological polar surface area (TPSA) is 84.7 Å². The van der Waals surface area contributed by atoms with Crippen molar-refractivity contribution < 1.29 is 14.5 Å². The van der Waals surface area contributed by atoms with Crippen LogP contribution in [-0.2, 0) is 4.74 Å². The second kappa shape index (κ2) is 6.09. The quantitative estimate of drug-likeness (QED) is 0.679. The lowest BCUT2D eigenvalue weighted by molar-refractivity contribution is -0.383. The van der Waals surface area contributed by atoms with E-state index in [9.17, 15) is 14.9 Å². The molecule has 0 spiro atoms. The van der Waals surface area contributed by atoms with E-state index < -0.39 is 4.92 Å². The van der Waals surface area contributed by atoms with E-state index in [0.29, 0.717) is 24.4 Å². The van der Waals surface area contributed by atoms with E-state index >= 15 is 0 Å². The van der Waals surface area contributed by atoms with Crippen LogP contribution in [0.2, 0.25) is 0 Å². The van der Waals surface area contributed by atoms with Crippen molar-refractivity contribution in [2.75, 3.05) is 25.5 Å². The van der Waals surface area contributed by atoms with Crippen LogP contribution in [0.15, 0.2) is 18.2 Å². The van der Waals surface area contributed by atoms with Gasteiger partial charge in [-0.2, -0.15) is 0 Å². The average molecular weight is 293 g/mol. The Morgan fingerprint density at radius 1 is 1.48 bits per heavy atom. The number of benzene rings is 1. The smallest absolute Gasteiger partial charge is 0.292 e. The van der Waals surface area contributed by atoms with Crippen LogP contribution in [0.25, 0.3) is 0 Å². The molecule has 0 aromatic heterocycles. The predicted molar refractivity (Wildman–Crippen MR) is 78.6 cm³/mol. The molecule has 0 saturated carbocycles. The Balaban J connectivity index is 2.28. The van der Waals surface area contributed by atoms with Gasteiger partial charge in [0, 0.05) is 25.2 Å². The van der Waals surface area contributed by atoms with Crippen molar-refractivity contribution in [3.05, 3.63) is 33.9 Å². The normalized spacial score (nSPS) is 22.0. The van der Waals surface area contributed by atoms with Gasteiger partial charge in [-0.05, 0) is 26.0 Å². The number of nitro groups is 1. The Labute approximate surface area is 123 Å². The highest BCUT2D eigenvalue weighted by atomic mass is 16.6. The number of ether oxygens (including phenoxy) is 1. The van der Waals surface area contributed by atoms with E-state index in [2.05, 4.69) is 5.32 Å². The number of anilines is 1. The van der Waals surface area contributed by atoms with E-state index in [4.69, 9.17) is 4.74 Å². The summed E-state index contributed by atoms with van der Waals surface area (Å²) in [6, 6.07) is 4.36. The summed E-state index contributed by atoms with van der Waals surface area (Å²) in [5.41, 5.74) is 0.725. The average Bonchev–Trinajstić information content (AvgIpc) is 2.48. The summed E-state index contributed by atoms with van der Waals surface area (Å²) in [6.45, 7) is 4.86. The van der Waals surface area contributed by atoms with Gasteiger partial charge >= 0.3 is 0 Å². The van der Waals surface area contributed by atoms with Gasteiger partial charge < -0.3 is 15.0 Å². The molecule has 1 aromatic rings. The molecule has 0 aliphatic carbocycles. The predicted octanol–water partition coefficient (Wildman–Crippen LogP) is 1.89. The summed E-state index contributed by atoms with van der Waals surface area (Å²) in [5, 5.41) is 13.7. The molecule has 2 atom stereocenters. The molecule has 2 rings (SSSR count). The lowest BCUT2D eigenvalue weighted by atomic mass is 10.1. The first-order valence-electron chi connectivity index (χ1n) is 6.82. The second-order valence-electron chi connectivity index (χ2n) is 5.19. The van der Waals surface area contributed by atoms with Crippen molar-refractivity contribution >= 4 is 17.3 Å². The zero-order valence-corrected chi connectivity index (χ0v) is 12.3. The fourth-order valence-electron chi connectivity index (χ4n) is 2.38. The van der Waals surface area contributed by atoms with Crippen LogP contribution in [0.4, 0.5) is 11.4 Å². The van der Waals surface area contributed by atoms with Crippen molar-refractivity contribution in [1.29, 1.82) is 0 Å². The SMILES string of the molecule is CNc1cc(C(=O)N2CC(C)OCC2C)ccc1[N+](=O)[O-]. The number of hydrogen-bond acceptors (Lipinski definition) is 5. The maximum atomic E-state index is 12.6. The minimum atomic E-state index is -0.473. The number of nitrogens with zero attached hydrogens (tertiary/aromatic N) is 2. The molecule has 0 radical (unpaired) electrons. The van der Waals surface area contributed by atoms with Crippen LogP contribution in [0.1, 0.15) is 24.2 Å². The first-order valence-corrected chi connectivity index (χ1v) is 6.82. The summed E-state index contributed by atoms with van der Waals surface area (Å²) in [7, 11) is 1.59. The zero-order chi connectivity index (χ0) is 15.6. The third-order valence-corrected chi connectivity index (χ3v) is 3.58. The molecule has 1 fully saturated rings. The molecule has 7 nitrogen and oxygen atoms in total. The molecule has 1 aliphatic rings. The Morgan fingerprint density at radius 2 is 2.19 bits per heavy atom. The lowest BCUT2D eigenvalue weighted by Crippen LogP contribution is -2.50. The maximum Gasteiger partial charge on any atom is 0.292 e. The fourth-order valence-corrected chi connectivity index (χ4v) is 2.38. The van der Waals surface area contributed by atoms with Crippen LogP contribution in [0, 0.1) is 10.1 Å². The molecule has 0 bridgehead atoms. The minimum Gasteiger partial charge on any atom is -0.383 e. The molecule has 7 heteroatoms. The van der Waals surface area contributed by atoms with Crippen molar-refractivity contribution in [3.63, 3.8) is 0 Å². The Kier molecular flexibility index (Phi) is 4.42. The van der Waals surface area contributed by atoms with Gasteiger partial charge in [0.05, 0.1) is 23.7 Å². The van der Waals surface area contributed by atoms with E-state index in [-0.39, 0.29) is 23.7 Å². The van der Waals surface area contributed by atoms with Crippen molar-refractivity contribution in [2.45, 2.75) is 26.0 Å². The Bertz CT molecular complexity index is 561. The Hall–Kier alpha value is -2.15. The molecule has 1 aliphatic heterocycles. The van der Waals surface area contributed by atoms with Crippen LogP contribution >= 0.6 is 0 Å². The van der Waals surface area contributed by atoms with Gasteiger partial charge in [0.15, 0.2) is 0 Å². The van der Waals surface area contributed by atoms with Crippen LogP contribution in [0.5, 0.6) is 0 Å². The highest BCUT2D eigenvalue weighted by Gasteiger charge is 2.29. The lowest BCUT2D eigenvalue weighted by Gasteiger charge is -2.36. The molecule has 1 N–H and O–H groups in total. The number of rotatable bonds is 3. The number of carbonyl (C=O) groups is 1. The van der Waals surface area contributed by atoms with E-state index in [0.717, 1.165) is 0 Å². The third kappa shape index (κ3) is 3.13. The molecule has 1 amide bonds. The maximum absolute atomic E-state index is 12.6. The molecule has 1 heterocycles. The zero-order valence-electron chi connectivity index (χ0n) is 12.3. The molecular weight excluding hydrogens is 274 g/mol. The highest BCUT2D eigenvalue weighted by Crippen LogP contribution is 2.26. The van der Waals surface area contributed by atoms with Gasteiger partial charge in [-0.15, -0.1) is 0 Å². The summed E-state index contributed by atoms with van der Waals surface area (Å²) in [5.74, 6) is -0.135. The van der Waals surface area contributed by atoms with Crippen LogP contribution in [-0.4, -0.2) is 48.1 Å². The first kappa shape index (κ1) is 15.2. The van der Waals surface area contributed by atoms with Gasteiger partial charge in [0.1, 0.15) is 5.69 Å². The third-order valence-electron chi connectivity index (χ3n) is 3.58. The highest BCUT2D eigenvalue weighted by molar-refractivity contribution is 5.96. The fraction of sp³-hybridized carbons (Fsp3) is 0.500. The monoisotopic (exact) mass is 293 g/mol. The largest absolute Gasteiger partial charge is 0.383 e. The van der Waals surface area contributed by atoms with Crippen LogP contribution in [0.3, 0.4) is 0 Å². The minimum absolute atomic E-state index is 0.00744. The van der Waals surface area contributed by atoms with E-state index in [1.54, 1.807) is 11.9 Å². The van der Waals surface area contributed by atoms with Gasteiger partial charge in [-0.1, -0.05) is 0 Å². The number of hydrogen-bond donors (Lipinski definition) is 1. The number of morpholine rings is 1. The number of carbonyl (C=O) groups excluding carboxylic acids is 1. The molecule has 1 aromatic carbocycles. The van der Waals surface area contributed by atoms with Gasteiger partial charge in [0.2, 0.25) is 0 Å². The standard InChI is InChI=1S/C14H19N3O4/c1-9-8-21-10(2)7-16(9)14(18)11-4-5-13(17(19)20)12(6-11)15-3/h4-6,9-10,15H,7-8H2,1-3H3. The van der Waals surface area contributed by atoms with Crippen molar-refractivity contribution in [1.82, 2.24) is 4.90 Å². The number of amides is 1. The van der Waals surface area contributed by atoms with Gasteiger partial charge in [-0.25, -0.2) is 0 Å². The summed E-state index contributed by atoms with van der Waals surface area (Å²) < 4.78 is 5.51. The van der Waals surface area contributed by atoms with Crippen molar-refractivity contribution in [2.24, 2.45) is 0 Å². The van der Waals surface area contributed by atoms with Crippen molar-refractivity contribution in [3.8, 4) is 0 Å². The summed E-state index contributed by atoms with van der Waals surface area (Å²) in [4.78, 5) is 24.8. The van der Waals surface area contributed by atoms with Crippen LogP contribution < -0.4 is 5.32 Å². The van der Waals surface area contributed by atoms with E-state index in [1.165, 1.54) is 18.2 Å². The second-order valence-corrected chi connectivity index (χ2v) is 5.19. The van der Waals surface area contributed by atoms with Gasteiger partial charge in [-0.3, -0.25) is 14.9 Å². The molecule has 1 saturated heterocycles. The molecule has 114 valence electrons. The molecular formula is C14H19N3O4. The molecule has 2 unspecified atom stereocenters. The Morgan fingerprint density at radius 3 is 2.81 bits per heavy atom. The van der Waals surface area contributed by atoms with Gasteiger partial charge in [0.25, 0.3) is 11.6 Å². The van der Waals surface area contributed by atoms with E-state index in [1.807, 2.05) is 13.8 Å². The summed E-state index contributed by atoms with van der Waals surface area (Å²) >= 11 is 0. The molecule has 21 heavy (non-hydrogen) atoms. The first-order chi connectivity index (χ1) is 9.93.